The van der Waals surface area contributed by atoms with Gasteiger partial charge >= 0.3 is 0 Å². The minimum Gasteiger partial charge on any atom is -0.383 e. The van der Waals surface area contributed by atoms with Gasteiger partial charge in [-0.3, -0.25) is 9.59 Å². The van der Waals surface area contributed by atoms with Crippen molar-refractivity contribution in [1.29, 1.82) is 0 Å². The van der Waals surface area contributed by atoms with E-state index in [1.54, 1.807) is 6.92 Å². The number of hydrogen-bond acceptors (Lipinski definition) is 4. The highest BCUT2D eigenvalue weighted by atomic mass is 32.1. The molecule has 1 aliphatic heterocycles. The Labute approximate surface area is 116 Å². The second kappa shape index (κ2) is 5.71. The van der Waals surface area contributed by atoms with Crippen LogP contribution in [0.25, 0.3) is 0 Å². The molecule has 3 N–H and O–H groups in total. The van der Waals surface area contributed by atoms with E-state index >= 15 is 0 Å². The summed E-state index contributed by atoms with van der Waals surface area (Å²) in [6.45, 7) is 2.37. The van der Waals surface area contributed by atoms with E-state index in [9.17, 15) is 14.7 Å². The molecule has 0 bridgehead atoms. The standard InChI is InChI=1S/C13H18N2O3S/c1-13(18,10-3-2-6-19-10)8-15-12(17)9-4-5-14-11(16)7-9/h2-3,6,9,18H,4-5,7-8H2,1H3,(H,14,16)(H,15,17). The molecule has 2 heterocycles. The third kappa shape index (κ3) is 3.54. The van der Waals surface area contributed by atoms with Crippen molar-refractivity contribution >= 4 is 23.2 Å². The van der Waals surface area contributed by atoms with Crippen molar-refractivity contribution < 1.29 is 14.7 Å². The fraction of sp³-hybridized carbons (Fsp3) is 0.538. The van der Waals surface area contributed by atoms with Gasteiger partial charge in [-0.15, -0.1) is 11.3 Å². The van der Waals surface area contributed by atoms with E-state index in [0.29, 0.717) is 13.0 Å². The molecule has 1 aromatic rings. The Morgan fingerprint density at radius 1 is 1.68 bits per heavy atom. The summed E-state index contributed by atoms with van der Waals surface area (Å²) < 4.78 is 0. The predicted octanol–water partition coefficient (Wildman–Crippen LogP) is 0.598. The molecule has 0 radical (unpaired) electrons. The lowest BCUT2D eigenvalue weighted by Crippen LogP contribution is -2.44. The number of hydrogen-bond donors (Lipinski definition) is 3. The highest BCUT2D eigenvalue weighted by Gasteiger charge is 2.29. The molecule has 0 spiro atoms. The largest absolute Gasteiger partial charge is 0.383 e. The Morgan fingerprint density at radius 2 is 2.47 bits per heavy atom. The Hall–Kier alpha value is -1.40. The van der Waals surface area contributed by atoms with Gasteiger partial charge in [-0.25, -0.2) is 0 Å². The van der Waals surface area contributed by atoms with E-state index in [2.05, 4.69) is 10.6 Å². The molecule has 2 atom stereocenters. The van der Waals surface area contributed by atoms with Gasteiger partial charge in [0.25, 0.3) is 0 Å². The first kappa shape index (κ1) is 14.0. The molecule has 2 unspecified atom stereocenters. The number of carbonyl (C=O) groups is 2. The number of amides is 2. The van der Waals surface area contributed by atoms with E-state index in [4.69, 9.17) is 0 Å². The third-order valence-electron chi connectivity index (χ3n) is 3.28. The van der Waals surface area contributed by atoms with Crippen molar-refractivity contribution in [3.8, 4) is 0 Å². The third-order valence-corrected chi connectivity index (χ3v) is 4.40. The van der Waals surface area contributed by atoms with Crippen molar-refractivity contribution in [2.45, 2.75) is 25.4 Å². The molecule has 1 aliphatic rings. The smallest absolute Gasteiger partial charge is 0.223 e. The van der Waals surface area contributed by atoms with Gasteiger partial charge in [0.15, 0.2) is 0 Å². The van der Waals surface area contributed by atoms with Crippen molar-refractivity contribution in [3.05, 3.63) is 22.4 Å². The quantitative estimate of drug-likeness (QED) is 0.756. The molecular weight excluding hydrogens is 264 g/mol. The molecule has 0 aliphatic carbocycles. The molecule has 2 amide bonds. The lowest BCUT2D eigenvalue weighted by atomic mass is 9.96. The monoisotopic (exact) mass is 282 g/mol. The van der Waals surface area contributed by atoms with Crippen molar-refractivity contribution in [2.75, 3.05) is 13.1 Å². The van der Waals surface area contributed by atoms with E-state index in [0.717, 1.165) is 4.88 Å². The normalized spacial score (nSPS) is 22.4. The van der Waals surface area contributed by atoms with Crippen LogP contribution in [0.1, 0.15) is 24.6 Å². The summed E-state index contributed by atoms with van der Waals surface area (Å²) >= 11 is 1.45. The maximum absolute atomic E-state index is 12.0. The number of rotatable bonds is 4. The molecule has 1 aromatic heterocycles. The molecule has 0 aromatic carbocycles. The molecule has 19 heavy (non-hydrogen) atoms. The average molecular weight is 282 g/mol. The van der Waals surface area contributed by atoms with Crippen LogP contribution in [0.3, 0.4) is 0 Å². The second-order valence-corrected chi connectivity index (χ2v) is 5.96. The average Bonchev–Trinajstić information content (AvgIpc) is 2.90. The summed E-state index contributed by atoms with van der Waals surface area (Å²) in [6, 6.07) is 3.70. The zero-order valence-electron chi connectivity index (χ0n) is 10.8. The van der Waals surface area contributed by atoms with Crippen molar-refractivity contribution in [3.63, 3.8) is 0 Å². The van der Waals surface area contributed by atoms with E-state index in [1.807, 2.05) is 17.5 Å². The van der Waals surface area contributed by atoms with E-state index < -0.39 is 5.60 Å². The summed E-state index contributed by atoms with van der Waals surface area (Å²) in [5.41, 5.74) is -1.07. The number of aliphatic hydroxyl groups is 1. The van der Waals surface area contributed by atoms with Crippen LogP contribution in [-0.2, 0) is 15.2 Å². The Bertz CT molecular complexity index is 456. The SMILES string of the molecule is CC(O)(CNC(=O)C1CCNC(=O)C1)c1cccs1. The molecule has 2 rings (SSSR count). The predicted molar refractivity (Wildman–Crippen MR) is 72.6 cm³/mol. The first-order chi connectivity index (χ1) is 8.99. The lowest BCUT2D eigenvalue weighted by Gasteiger charge is -2.25. The maximum Gasteiger partial charge on any atom is 0.223 e. The number of piperidine rings is 1. The van der Waals surface area contributed by atoms with Gasteiger partial charge in [0, 0.05) is 23.8 Å². The van der Waals surface area contributed by atoms with Gasteiger partial charge < -0.3 is 15.7 Å². The summed E-state index contributed by atoms with van der Waals surface area (Å²) in [5.74, 6) is -0.531. The van der Waals surface area contributed by atoms with Crippen LogP contribution in [0, 0.1) is 5.92 Å². The van der Waals surface area contributed by atoms with Crippen molar-refractivity contribution in [2.24, 2.45) is 5.92 Å². The van der Waals surface area contributed by atoms with Gasteiger partial charge in [-0.05, 0) is 24.8 Å². The molecule has 1 saturated heterocycles. The van der Waals surface area contributed by atoms with Crippen molar-refractivity contribution in [1.82, 2.24) is 10.6 Å². The van der Waals surface area contributed by atoms with Gasteiger partial charge in [0.2, 0.25) is 11.8 Å². The topological polar surface area (TPSA) is 78.4 Å². The zero-order chi connectivity index (χ0) is 13.9. The minimum absolute atomic E-state index is 0.0867. The zero-order valence-corrected chi connectivity index (χ0v) is 11.6. The van der Waals surface area contributed by atoms with Gasteiger partial charge in [0.1, 0.15) is 5.60 Å². The maximum atomic E-state index is 12.0. The van der Waals surface area contributed by atoms with Gasteiger partial charge in [-0.1, -0.05) is 6.07 Å². The summed E-state index contributed by atoms with van der Waals surface area (Å²) in [5, 5.41) is 17.6. The summed E-state index contributed by atoms with van der Waals surface area (Å²) in [6.07, 6.45) is 0.881. The number of thiophene rings is 1. The first-order valence-corrected chi connectivity index (χ1v) is 7.18. The molecule has 104 valence electrons. The Morgan fingerprint density at radius 3 is 3.11 bits per heavy atom. The van der Waals surface area contributed by atoms with Crippen LogP contribution in [0.2, 0.25) is 0 Å². The molecule has 6 heteroatoms. The van der Waals surface area contributed by atoms with Crippen LogP contribution in [0.15, 0.2) is 17.5 Å². The van der Waals surface area contributed by atoms with E-state index in [1.165, 1.54) is 11.3 Å². The number of carbonyl (C=O) groups excluding carboxylic acids is 2. The highest BCUT2D eigenvalue weighted by molar-refractivity contribution is 7.10. The Balaban J connectivity index is 1.88. The van der Waals surface area contributed by atoms with Crippen LogP contribution < -0.4 is 10.6 Å². The second-order valence-electron chi connectivity index (χ2n) is 5.01. The highest BCUT2D eigenvalue weighted by Crippen LogP contribution is 2.24. The molecule has 0 saturated carbocycles. The first-order valence-electron chi connectivity index (χ1n) is 6.30. The van der Waals surface area contributed by atoms with Gasteiger partial charge in [-0.2, -0.15) is 0 Å². The van der Waals surface area contributed by atoms with Crippen LogP contribution in [0.5, 0.6) is 0 Å². The van der Waals surface area contributed by atoms with E-state index in [-0.39, 0.29) is 30.7 Å². The molecular formula is C13H18N2O3S. The summed E-state index contributed by atoms with van der Waals surface area (Å²) in [7, 11) is 0. The minimum atomic E-state index is -1.07. The molecule has 5 nitrogen and oxygen atoms in total. The van der Waals surface area contributed by atoms with Gasteiger partial charge in [0.05, 0.1) is 6.54 Å². The summed E-state index contributed by atoms with van der Waals surface area (Å²) in [4.78, 5) is 24.0. The van der Waals surface area contributed by atoms with Crippen LogP contribution >= 0.6 is 11.3 Å². The fourth-order valence-electron chi connectivity index (χ4n) is 2.08. The molecule has 1 fully saturated rings. The Kier molecular flexibility index (Phi) is 4.21. The van der Waals surface area contributed by atoms with Crippen LogP contribution in [-0.4, -0.2) is 30.0 Å². The fourth-order valence-corrected chi connectivity index (χ4v) is 2.87. The lowest BCUT2D eigenvalue weighted by molar-refractivity contribution is -0.133. The number of nitrogens with one attached hydrogen (secondary N) is 2. The van der Waals surface area contributed by atoms with Crippen LogP contribution in [0.4, 0.5) is 0 Å².